The van der Waals surface area contributed by atoms with Gasteiger partial charge in [-0.3, -0.25) is 9.88 Å². The lowest BCUT2D eigenvalue weighted by Gasteiger charge is -2.36. The second kappa shape index (κ2) is 9.16. The molecule has 0 N–H and O–H groups in total. The lowest BCUT2D eigenvalue weighted by Crippen LogP contribution is -2.45. The lowest BCUT2D eigenvalue weighted by atomic mass is 10.1. The Labute approximate surface area is 157 Å². The van der Waals surface area contributed by atoms with E-state index < -0.39 is 0 Å². The zero-order valence-corrected chi connectivity index (χ0v) is 15.5. The molecule has 26 heavy (non-hydrogen) atoms. The van der Waals surface area contributed by atoms with Gasteiger partial charge in [0.05, 0.1) is 0 Å². The molecule has 0 unspecified atom stereocenters. The molecule has 0 aliphatic carbocycles. The second-order valence-corrected chi connectivity index (χ2v) is 6.54. The minimum atomic E-state index is 0.950. The summed E-state index contributed by atoms with van der Waals surface area (Å²) in [6.45, 7) is 11.0. The average Bonchev–Trinajstić information content (AvgIpc) is 2.69. The number of hydrogen-bond acceptors (Lipinski definition) is 3. The molecule has 1 fully saturated rings. The van der Waals surface area contributed by atoms with E-state index in [9.17, 15) is 0 Å². The Kier molecular flexibility index (Phi) is 6.39. The third kappa shape index (κ3) is 4.70. The summed E-state index contributed by atoms with van der Waals surface area (Å²) in [6.07, 6.45) is 12.1. The van der Waals surface area contributed by atoms with Gasteiger partial charge in [0.1, 0.15) is 0 Å². The third-order valence-electron chi connectivity index (χ3n) is 4.67. The molecule has 1 aromatic heterocycles. The summed E-state index contributed by atoms with van der Waals surface area (Å²) in [5, 5.41) is 0. The number of nitrogens with zero attached hydrogens (tertiary/aromatic N) is 3. The van der Waals surface area contributed by atoms with Crippen LogP contribution in [0.2, 0.25) is 0 Å². The van der Waals surface area contributed by atoms with Crippen molar-refractivity contribution >= 4 is 0 Å². The van der Waals surface area contributed by atoms with Crippen molar-refractivity contribution in [3.05, 3.63) is 90.9 Å². The third-order valence-corrected chi connectivity index (χ3v) is 4.67. The molecule has 0 radical (unpaired) electrons. The molecule has 3 rings (SSSR count). The average molecular weight is 345 g/mol. The number of benzene rings is 1. The van der Waals surface area contributed by atoms with Crippen LogP contribution in [0.3, 0.4) is 0 Å². The van der Waals surface area contributed by atoms with Crippen molar-refractivity contribution < 1.29 is 0 Å². The van der Waals surface area contributed by atoms with Gasteiger partial charge in [-0.25, -0.2) is 0 Å². The van der Waals surface area contributed by atoms with E-state index in [1.165, 1.54) is 22.4 Å². The Morgan fingerprint density at radius 2 is 1.85 bits per heavy atom. The summed E-state index contributed by atoms with van der Waals surface area (Å²) in [7, 11) is 0. The standard InChI is InChI=1S/C23H27N3/c1-3-8-23(9-4-2)26-14-12-25(13-15-26)19-20-16-22(18-24-17-20)21-10-6-5-7-11-21/h3-11,16-18H,1,12-15,19H2,2H3/b9-4-,23-8+. The molecule has 1 aromatic carbocycles. The summed E-state index contributed by atoms with van der Waals surface area (Å²) >= 11 is 0. The van der Waals surface area contributed by atoms with Gasteiger partial charge in [0.25, 0.3) is 0 Å². The zero-order valence-electron chi connectivity index (χ0n) is 15.5. The maximum atomic E-state index is 4.45. The van der Waals surface area contributed by atoms with Gasteiger partial charge in [0.2, 0.25) is 0 Å². The number of piperazine rings is 1. The molecule has 0 saturated carbocycles. The maximum absolute atomic E-state index is 4.45. The van der Waals surface area contributed by atoms with Crippen molar-refractivity contribution in [2.24, 2.45) is 0 Å². The monoisotopic (exact) mass is 345 g/mol. The van der Waals surface area contributed by atoms with Crippen LogP contribution in [0.5, 0.6) is 0 Å². The van der Waals surface area contributed by atoms with E-state index in [2.05, 4.69) is 76.8 Å². The highest BCUT2D eigenvalue weighted by molar-refractivity contribution is 5.62. The Balaban J connectivity index is 1.61. The molecular weight excluding hydrogens is 318 g/mol. The van der Waals surface area contributed by atoms with Crippen molar-refractivity contribution in [2.45, 2.75) is 13.5 Å². The summed E-state index contributed by atoms with van der Waals surface area (Å²) in [5.41, 5.74) is 4.92. The van der Waals surface area contributed by atoms with Crippen LogP contribution in [0.4, 0.5) is 0 Å². The Hall–Kier alpha value is -2.65. The fourth-order valence-electron chi connectivity index (χ4n) is 3.34. The molecule has 134 valence electrons. The fraction of sp³-hybridized carbons (Fsp3) is 0.261. The Bertz CT molecular complexity index is 769. The van der Waals surface area contributed by atoms with E-state index in [0.717, 1.165) is 32.7 Å². The van der Waals surface area contributed by atoms with Gasteiger partial charge >= 0.3 is 0 Å². The highest BCUT2D eigenvalue weighted by Crippen LogP contribution is 2.20. The van der Waals surface area contributed by atoms with Gasteiger partial charge < -0.3 is 4.90 Å². The van der Waals surface area contributed by atoms with Crippen molar-refractivity contribution in [3.63, 3.8) is 0 Å². The van der Waals surface area contributed by atoms with Gasteiger partial charge in [0.15, 0.2) is 0 Å². The normalized spacial score (nSPS) is 16.2. The molecule has 3 nitrogen and oxygen atoms in total. The Morgan fingerprint density at radius 3 is 2.54 bits per heavy atom. The smallest absolute Gasteiger partial charge is 0.0363 e. The Morgan fingerprint density at radius 1 is 1.08 bits per heavy atom. The van der Waals surface area contributed by atoms with E-state index in [1.807, 2.05) is 24.5 Å². The molecular formula is C23H27N3. The van der Waals surface area contributed by atoms with E-state index in [1.54, 1.807) is 0 Å². The molecule has 0 amide bonds. The summed E-state index contributed by atoms with van der Waals surface area (Å²) in [6, 6.07) is 12.7. The van der Waals surface area contributed by atoms with Crippen molar-refractivity contribution in [3.8, 4) is 11.1 Å². The first-order valence-corrected chi connectivity index (χ1v) is 9.22. The SMILES string of the molecule is C=C/C=C(\C=C/C)N1CCN(Cc2cncc(-c3ccccc3)c2)CC1. The first-order valence-electron chi connectivity index (χ1n) is 9.22. The molecule has 2 heterocycles. The van der Waals surface area contributed by atoms with E-state index in [-0.39, 0.29) is 0 Å². The van der Waals surface area contributed by atoms with Crippen molar-refractivity contribution in [1.82, 2.24) is 14.8 Å². The molecule has 1 aliphatic heterocycles. The first-order chi connectivity index (χ1) is 12.8. The predicted molar refractivity (Wildman–Crippen MR) is 110 cm³/mol. The topological polar surface area (TPSA) is 19.4 Å². The van der Waals surface area contributed by atoms with Crippen LogP contribution in [0.25, 0.3) is 11.1 Å². The van der Waals surface area contributed by atoms with Crippen LogP contribution in [-0.2, 0) is 6.54 Å². The first kappa shape index (κ1) is 18.2. The van der Waals surface area contributed by atoms with Gasteiger partial charge in [-0.1, -0.05) is 49.1 Å². The van der Waals surface area contributed by atoms with Crippen LogP contribution in [0.15, 0.2) is 85.4 Å². The predicted octanol–water partition coefficient (Wildman–Crippen LogP) is 4.51. The minimum Gasteiger partial charge on any atom is -0.369 e. The summed E-state index contributed by atoms with van der Waals surface area (Å²) in [5.74, 6) is 0. The summed E-state index contributed by atoms with van der Waals surface area (Å²) in [4.78, 5) is 9.38. The van der Waals surface area contributed by atoms with Gasteiger partial charge in [-0.15, -0.1) is 0 Å². The minimum absolute atomic E-state index is 0.950. The van der Waals surface area contributed by atoms with Gasteiger partial charge in [0, 0.05) is 56.4 Å². The molecule has 0 spiro atoms. The molecule has 1 aliphatic rings. The highest BCUT2D eigenvalue weighted by atomic mass is 15.3. The molecule has 0 bridgehead atoms. The van der Waals surface area contributed by atoms with Crippen molar-refractivity contribution in [2.75, 3.05) is 26.2 Å². The number of allylic oxidation sites excluding steroid dienone is 4. The summed E-state index contributed by atoms with van der Waals surface area (Å²) < 4.78 is 0. The second-order valence-electron chi connectivity index (χ2n) is 6.54. The van der Waals surface area contributed by atoms with Gasteiger partial charge in [-0.2, -0.15) is 0 Å². The number of hydrogen-bond donors (Lipinski definition) is 0. The van der Waals surface area contributed by atoms with E-state index >= 15 is 0 Å². The largest absolute Gasteiger partial charge is 0.369 e. The van der Waals surface area contributed by atoms with Crippen LogP contribution in [0.1, 0.15) is 12.5 Å². The van der Waals surface area contributed by atoms with E-state index in [4.69, 9.17) is 0 Å². The van der Waals surface area contributed by atoms with Crippen LogP contribution >= 0.6 is 0 Å². The van der Waals surface area contributed by atoms with Crippen LogP contribution < -0.4 is 0 Å². The number of rotatable bonds is 6. The molecule has 1 saturated heterocycles. The van der Waals surface area contributed by atoms with E-state index in [0.29, 0.717) is 0 Å². The molecule has 2 aromatic rings. The van der Waals surface area contributed by atoms with Crippen LogP contribution in [-0.4, -0.2) is 41.0 Å². The van der Waals surface area contributed by atoms with Gasteiger partial charge in [-0.05, 0) is 36.3 Å². The van der Waals surface area contributed by atoms with Crippen LogP contribution in [0, 0.1) is 0 Å². The molecule has 0 atom stereocenters. The highest BCUT2D eigenvalue weighted by Gasteiger charge is 2.17. The zero-order chi connectivity index (χ0) is 18.2. The number of pyridine rings is 1. The maximum Gasteiger partial charge on any atom is 0.0363 e. The van der Waals surface area contributed by atoms with Crippen molar-refractivity contribution in [1.29, 1.82) is 0 Å². The molecule has 3 heteroatoms. The number of aromatic nitrogens is 1. The lowest BCUT2D eigenvalue weighted by molar-refractivity contribution is 0.155. The fourth-order valence-corrected chi connectivity index (χ4v) is 3.34. The quantitative estimate of drug-likeness (QED) is 0.718.